The zero-order valence-corrected chi connectivity index (χ0v) is 19.6. The topological polar surface area (TPSA) is 104 Å². The molecule has 0 fully saturated rings. The van der Waals surface area contributed by atoms with E-state index in [4.69, 9.17) is 22.6 Å². The van der Waals surface area contributed by atoms with Gasteiger partial charge in [-0.2, -0.15) is 5.26 Å². The van der Waals surface area contributed by atoms with Crippen molar-refractivity contribution in [3.8, 4) is 28.5 Å². The van der Waals surface area contributed by atoms with Gasteiger partial charge in [-0.25, -0.2) is 9.20 Å². The highest BCUT2D eigenvalue weighted by molar-refractivity contribution is 7.83. The van der Waals surface area contributed by atoms with Crippen LogP contribution in [0.25, 0.3) is 22.4 Å². The van der Waals surface area contributed by atoms with Gasteiger partial charge in [0.05, 0.1) is 28.8 Å². The van der Waals surface area contributed by atoms with Crippen LogP contribution in [0.1, 0.15) is 11.1 Å². The number of aromatic nitrogens is 1. The van der Waals surface area contributed by atoms with Gasteiger partial charge in [-0.05, 0) is 53.6 Å². The van der Waals surface area contributed by atoms with Gasteiger partial charge in [0.25, 0.3) is 0 Å². The van der Waals surface area contributed by atoms with Crippen molar-refractivity contribution in [3.63, 3.8) is 0 Å². The van der Waals surface area contributed by atoms with E-state index in [-0.39, 0.29) is 12.5 Å². The summed E-state index contributed by atoms with van der Waals surface area (Å²) in [6.45, 7) is 0.256. The van der Waals surface area contributed by atoms with Crippen molar-refractivity contribution >= 4 is 28.5 Å². The molecule has 1 atom stereocenters. The summed E-state index contributed by atoms with van der Waals surface area (Å²) < 4.78 is 15.1. The molecule has 0 saturated heterocycles. The smallest absolute Gasteiger partial charge is 0.201 e. The molecule has 4 rings (SSSR count). The molecule has 0 aliphatic heterocycles. The molecule has 0 saturated carbocycles. The van der Waals surface area contributed by atoms with Gasteiger partial charge in [0.15, 0.2) is 11.0 Å². The lowest BCUT2D eigenvalue weighted by atomic mass is 9.97. The number of hydrogen-bond donors (Lipinski definition) is 2. The molecule has 1 aromatic heterocycles. The normalized spacial score (nSPS) is 12.1. The van der Waals surface area contributed by atoms with Crippen LogP contribution < -0.4 is 10.5 Å². The highest BCUT2D eigenvalue weighted by Gasteiger charge is 2.11. The maximum Gasteiger partial charge on any atom is 0.201 e. The summed E-state index contributed by atoms with van der Waals surface area (Å²) in [4.78, 5) is 9.62. The number of nitriles is 1. The molecular formula is C26H20ClN5OS. The van der Waals surface area contributed by atoms with Gasteiger partial charge in [0.1, 0.15) is 0 Å². The fourth-order valence-corrected chi connectivity index (χ4v) is 4.19. The first-order valence-electron chi connectivity index (χ1n) is 10.3. The van der Waals surface area contributed by atoms with E-state index in [1.807, 2.05) is 60.7 Å². The second-order valence-electron chi connectivity index (χ2n) is 7.32. The molecule has 3 aromatic carbocycles. The van der Waals surface area contributed by atoms with Crippen molar-refractivity contribution in [1.82, 2.24) is 9.71 Å². The van der Waals surface area contributed by atoms with Crippen LogP contribution in [0.15, 0.2) is 101 Å². The SMILES string of the molecule is N#Cc1ccc(-c2ncc(CN=C(N)NS(=O)c3ccccc3)cc2-c2ccc(Cl)cc2)cc1. The second-order valence-corrected chi connectivity index (χ2v) is 8.97. The molecule has 0 radical (unpaired) electrons. The predicted octanol–water partition coefficient (Wildman–Crippen LogP) is 5.07. The number of nitrogens with two attached hydrogens (primary N) is 1. The number of nitrogens with one attached hydrogen (secondary N) is 1. The number of guanidine groups is 1. The Morgan fingerprint density at radius 2 is 1.71 bits per heavy atom. The molecule has 0 bridgehead atoms. The Morgan fingerprint density at radius 3 is 2.38 bits per heavy atom. The van der Waals surface area contributed by atoms with Crippen LogP contribution in [0.2, 0.25) is 5.02 Å². The van der Waals surface area contributed by atoms with E-state index >= 15 is 0 Å². The van der Waals surface area contributed by atoms with E-state index in [0.717, 1.165) is 27.9 Å². The highest BCUT2D eigenvalue weighted by Crippen LogP contribution is 2.32. The Morgan fingerprint density at radius 1 is 1.03 bits per heavy atom. The van der Waals surface area contributed by atoms with Crippen LogP contribution in [0.5, 0.6) is 0 Å². The largest absolute Gasteiger partial charge is 0.369 e. The lowest BCUT2D eigenvalue weighted by Crippen LogP contribution is -2.33. The number of halogens is 1. The minimum atomic E-state index is -1.50. The van der Waals surface area contributed by atoms with Crippen molar-refractivity contribution < 1.29 is 4.21 Å². The lowest BCUT2D eigenvalue weighted by molar-refractivity contribution is 0.680. The van der Waals surface area contributed by atoms with E-state index in [9.17, 15) is 4.21 Å². The molecule has 1 heterocycles. The number of pyridine rings is 1. The molecule has 0 aliphatic carbocycles. The Hall–Kier alpha value is -3.99. The Kier molecular flexibility index (Phi) is 7.33. The molecule has 1 unspecified atom stereocenters. The molecule has 0 amide bonds. The van der Waals surface area contributed by atoms with E-state index in [0.29, 0.717) is 15.5 Å². The van der Waals surface area contributed by atoms with Crippen molar-refractivity contribution in [1.29, 1.82) is 5.26 Å². The van der Waals surface area contributed by atoms with Gasteiger partial charge < -0.3 is 5.73 Å². The first-order chi connectivity index (χ1) is 16.5. The van der Waals surface area contributed by atoms with Gasteiger partial charge in [0, 0.05) is 22.3 Å². The third-order valence-electron chi connectivity index (χ3n) is 4.97. The molecule has 4 aromatic rings. The van der Waals surface area contributed by atoms with Gasteiger partial charge in [-0.15, -0.1) is 0 Å². The lowest BCUT2D eigenvalue weighted by Gasteiger charge is -2.12. The van der Waals surface area contributed by atoms with Crippen LogP contribution >= 0.6 is 11.6 Å². The molecule has 0 aliphatic rings. The molecule has 168 valence electrons. The maximum absolute atomic E-state index is 12.4. The molecule has 3 N–H and O–H groups in total. The first kappa shape index (κ1) is 23.2. The summed E-state index contributed by atoms with van der Waals surface area (Å²) in [5.41, 5.74) is 10.9. The summed E-state index contributed by atoms with van der Waals surface area (Å²) >= 11 is 6.08. The number of aliphatic imine (C=N–C) groups is 1. The monoisotopic (exact) mass is 485 g/mol. The van der Waals surface area contributed by atoms with Gasteiger partial charge >= 0.3 is 0 Å². The minimum absolute atomic E-state index is 0.0754. The highest BCUT2D eigenvalue weighted by atomic mass is 35.5. The summed E-state index contributed by atoms with van der Waals surface area (Å²) in [7, 11) is -1.50. The van der Waals surface area contributed by atoms with Crippen LogP contribution in [0.4, 0.5) is 0 Å². The van der Waals surface area contributed by atoms with E-state index < -0.39 is 11.0 Å². The number of benzene rings is 3. The average molecular weight is 486 g/mol. The number of nitrogens with zero attached hydrogens (tertiary/aromatic N) is 3. The van der Waals surface area contributed by atoms with E-state index in [1.165, 1.54) is 0 Å². The Labute approximate surface area is 205 Å². The zero-order valence-electron chi connectivity index (χ0n) is 18.0. The van der Waals surface area contributed by atoms with E-state index in [2.05, 4.69) is 20.8 Å². The third kappa shape index (κ3) is 5.67. The average Bonchev–Trinajstić information content (AvgIpc) is 2.88. The molecular weight excluding hydrogens is 466 g/mol. The van der Waals surface area contributed by atoms with Gasteiger partial charge in [-0.1, -0.05) is 54.1 Å². The second kappa shape index (κ2) is 10.8. The third-order valence-corrected chi connectivity index (χ3v) is 6.32. The summed E-state index contributed by atoms with van der Waals surface area (Å²) in [6, 6.07) is 27.9. The van der Waals surface area contributed by atoms with Crippen molar-refractivity contribution in [2.75, 3.05) is 0 Å². The van der Waals surface area contributed by atoms with Crippen LogP contribution in [-0.2, 0) is 17.5 Å². The standard InChI is InChI=1S/C26H20ClN5OS/c27-22-12-10-20(11-13-22)24-14-19(16-30-25(24)21-8-6-18(15-28)7-9-21)17-31-26(29)32-34(33)23-4-2-1-3-5-23/h1-14,16H,17H2,(H3,29,31,32). The number of hydrogen-bond acceptors (Lipinski definition) is 4. The van der Waals surface area contributed by atoms with Crippen molar-refractivity contribution in [2.24, 2.45) is 10.7 Å². The molecule has 6 nitrogen and oxygen atoms in total. The van der Waals surface area contributed by atoms with Crippen LogP contribution in [-0.4, -0.2) is 15.2 Å². The Balaban J connectivity index is 1.61. The number of rotatable bonds is 6. The van der Waals surface area contributed by atoms with Gasteiger partial charge in [0.2, 0.25) is 5.96 Å². The van der Waals surface area contributed by atoms with Crippen LogP contribution in [0.3, 0.4) is 0 Å². The predicted molar refractivity (Wildman–Crippen MR) is 136 cm³/mol. The fourth-order valence-electron chi connectivity index (χ4n) is 3.28. The molecule has 8 heteroatoms. The van der Waals surface area contributed by atoms with Crippen molar-refractivity contribution in [2.45, 2.75) is 11.4 Å². The summed E-state index contributed by atoms with van der Waals surface area (Å²) in [6.07, 6.45) is 1.73. The maximum atomic E-state index is 12.4. The summed E-state index contributed by atoms with van der Waals surface area (Å²) in [5, 5.41) is 9.73. The molecule has 34 heavy (non-hydrogen) atoms. The minimum Gasteiger partial charge on any atom is -0.369 e. The van der Waals surface area contributed by atoms with E-state index in [1.54, 1.807) is 30.5 Å². The Bertz CT molecular complexity index is 1380. The van der Waals surface area contributed by atoms with Crippen LogP contribution in [0, 0.1) is 11.3 Å². The fraction of sp³-hybridized carbons (Fsp3) is 0.0385. The first-order valence-corrected chi connectivity index (χ1v) is 11.8. The zero-order chi connectivity index (χ0) is 23.9. The van der Waals surface area contributed by atoms with Gasteiger partial charge in [-0.3, -0.25) is 9.71 Å². The van der Waals surface area contributed by atoms with Crippen molar-refractivity contribution in [3.05, 3.63) is 107 Å². The summed E-state index contributed by atoms with van der Waals surface area (Å²) in [5.74, 6) is 0.0754. The molecule has 0 spiro atoms. The quantitative estimate of drug-likeness (QED) is 0.294.